The van der Waals surface area contributed by atoms with Crippen molar-refractivity contribution in [1.29, 1.82) is 0 Å². The molecule has 1 aromatic carbocycles. The second-order valence-electron chi connectivity index (χ2n) is 3.73. The van der Waals surface area contributed by atoms with Crippen LogP contribution in [-0.4, -0.2) is 18.5 Å². The maximum absolute atomic E-state index is 13.2. The van der Waals surface area contributed by atoms with Crippen molar-refractivity contribution < 1.29 is 9.13 Å². The zero-order valence-electron chi connectivity index (χ0n) is 8.71. The van der Waals surface area contributed by atoms with E-state index in [1.165, 1.54) is 6.07 Å². The Morgan fingerprint density at radius 1 is 1.38 bits per heavy atom. The van der Waals surface area contributed by atoms with Crippen LogP contribution in [0.1, 0.15) is 12.8 Å². The largest absolute Gasteiger partial charge is 0.398 e. The first-order valence-corrected chi connectivity index (χ1v) is 6.83. The van der Waals surface area contributed by atoms with E-state index in [9.17, 15) is 4.39 Å². The standard InChI is InChI=1S/C11H13BrFNOS/c12-8-5-11(10(14)6-9(8)13)16-7-1-3-15-4-2-7/h5-7H,1-4,14H2. The molecule has 5 heteroatoms. The Kier molecular flexibility index (Phi) is 4.10. The maximum atomic E-state index is 13.2. The molecule has 1 aromatic rings. The molecule has 1 saturated heterocycles. The Balaban J connectivity index is 2.11. The number of ether oxygens (including phenoxy) is 1. The summed E-state index contributed by atoms with van der Waals surface area (Å²) >= 11 is 4.89. The normalized spacial score (nSPS) is 17.6. The Labute approximate surface area is 107 Å². The molecule has 16 heavy (non-hydrogen) atoms. The minimum absolute atomic E-state index is 0.311. The first kappa shape index (κ1) is 12.2. The summed E-state index contributed by atoms with van der Waals surface area (Å²) in [4.78, 5) is 0.945. The molecule has 0 radical (unpaired) electrons. The molecule has 1 aliphatic heterocycles. The zero-order chi connectivity index (χ0) is 11.5. The average molecular weight is 306 g/mol. The lowest BCUT2D eigenvalue weighted by atomic mass is 10.2. The highest BCUT2D eigenvalue weighted by molar-refractivity contribution is 9.10. The smallest absolute Gasteiger partial charge is 0.139 e. The Morgan fingerprint density at radius 3 is 2.75 bits per heavy atom. The third-order valence-corrected chi connectivity index (χ3v) is 4.53. The number of nitrogen functional groups attached to an aromatic ring is 1. The summed E-state index contributed by atoms with van der Waals surface area (Å²) in [7, 11) is 0. The van der Waals surface area contributed by atoms with Gasteiger partial charge in [0.05, 0.1) is 4.47 Å². The summed E-state index contributed by atoms with van der Waals surface area (Å²) in [5.74, 6) is -0.311. The van der Waals surface area contributed by atoms with E-state index in [1.807, 2.05) is 0 Å². The quantitative estimate of drug-likeness (QED) is 0.850. The minimum atomic E-state index is -0.311. The number of anilines is 1. The molecule has 2 nitrogen and oxygen atoms in total. The van der Waals surface area contributed by atoms with Crippen LogP contribution >= 0.6 is 27.7 Å². The van der Waals surface area contributed by atoms with Gasteiger partial charge in [-0.15, -0.1) is 11.8 Å². The molecule has 0 aliphatic carbocycles. The fourth-order valence-electron chi connectivity index (χ4n) is 1.62. The van der Waals surface area contributed by atoms with Crippen LogP contribution in [-0.2, 0) is 4.74 Å². The first-order valence-electron chi connectivity index (χ1n) is 5.16. The number of hydrogen-bond donors (Lipinski definition) is 1. The monoisotopic (exact) mass is 305 g/mol. The van der Waals surface area contributed by atoms with Crippen LogP contribution in [0, 0.1) is 5.82 Å². The summed E-state index contributed by atoms with van der Waals surface area (Å²) in [6.45, 7) is 1.61. The van der Waals surface area contributed by atoms with E-state index in [2.05, 4.69) is 15.9 Å². The highest BCUT2D eigenvalue weighted by Gasteiger charge is 2.17. The van der Waals surface area contributed by atoms with Gasteiger partial charge in [-0.05, 0) is 40.9 Å². The molecule has 88 valence electrons. The van der Waals surface area contributed by atoms with Crippen LogP contribution in [0.3, 0.4) is 0 Å². The third-order valence-electron chi connectivity index (χ3n) is 2.51. The molecule has 1 aliphatic rings. The van der Waals surface area contributed by atoms with Gasteiger partial charge in [0.15, 0.2) is 0 Å². The molecular weight excluding hydrogens is 293 g/mol. The molecule has 1 fully saturated rings. The van der Waals surface area contributed by atoms with Crippen LogP contribution in [0.25, 0.3) is 0 Å². The van der Waals surface area contributed by atoms with Gasteiger partial charge >= 0.3 is 0 Å². The minimum Gasteiger partial charge on any atom is -0.398 e. The second-order valence-corrected chi connectivity index (χ2v) is 5.93. The van der Waals surface area contributed by atoms with Crippen molar-refractivity contribution in [2.45, 2.75) is 23.0 Å². The molecule has 0 unspecified atom stereocenters. The highest BCUT2D eigenvalue weighted by atomic mass is 79.9. The molecule has 0 saturated carbocycles. The first-order chi connectivity index (χ1) is 7.66. The predicted octanol–water partition coefficient (Wildman–Crippen LogP) is 3.44. The van der Waals surface area contributed by atoms with E-state index in [4.69, 9.17) is 10.5 Å². The molecule has 0 aromatic heterocycles. The van der Waals surface area contributed by atoms with Crippen LogP contribution in [0.4, 0.5) is 10.1 Å². The van der Waals surface area contributed by atoms with Gasteiger partial charge in [0.2, 0.25) is 0 Å². The van der Waals surface area contributed by atoms with Crippen molar-refractivity contribution >= 4 is 33.4 Å². The zero-order valence-corrected chi connectivity index (χ0v) is 11.1. The third kappa shape index (κ3) is 2.90. The van der Waals surface area contributed by atoms with Crippen LogP contribution in [0.15, 0.2) is 21.5 Å². The average Bonchev–Trinajstić information content (AvgIpc) is 2.27. The molecule has 1 heterocycles. The lowest BCUT2D eigenvalue weighted by Crippen LogP contribution is -2.17. The fraction of sp³-hybridized carbons (Fsp3) is 0.455. The Hall–Kier alpha value is -0.260. The number of halogens is 2. The number of thioether (sulfide) groups is 1. The highest BCUT2D eigenvalue weighted by Crippen LogP contribution is 2.36. The second kappa shape index (κ2) is 5.38. The topological polar surface area (TPSA) is 35.2 Å². The summed E-state index contributed by atoms with van der Waals surface area (Å²) in [6, 6.07) is 3.12. The number of nitrogens with two attached hydrogens (primary N) is 1. The van der Waals surface area contributed by atoms with E-state index < -0.39 is 0 Å². The summed E-state index contributed by atoms with van der Waals surface area (Å²) in [5.41, 5.74) is 6.31. The molecular formula is C11H13BrFNOS. The van der Waals surface area contributed by atoms with Crippen molar-refractivity contribution in [3.63, 3.8) is 0 Å². The van der Waals surface area contributed by atoms with Crippen LogP contribution < -0.4 is 5.73 Å². The van der Waals surface area contributed by atoms with E-state index in [0.717, 1.165) is 31.0 Å². The van der Waals surface area contributed by atoms with Crippen molar-refractivity contribution in [1.82, 2.24) is 0 Å². The number of benzene rings is 1. The van der Waals surface area contributed by atoms with Gasteiger partial charge in [-0.3, -0.25) is 0 Å². The Morgan fingerprint density at radius 2 is 2.06 bits per heavy atom. The van der Waals surface area contributed by atoms with Gasteiger partial charge in [0.1, 0.15) is 5.82 Å². The summed E-state index contributed by atoms with van der Waals surface area (Å²) in [6.07, 6.45) is 2.05. The van der Waals surface area contributed by atoms with E-state index in [-0.39, 0.29) is 5.82 Å². The molecule has 0 bridgehead atoms. The van der Waals surface area contributed by atoms with Gasteiger partial charge in [-0.25, -0.2) is 4.39 Å². The number of rotatable bonds is 2. The molecule has 0 atom stereocenters. The summed E-state index contributed by atoms with van der Waals surface area (Å²) < 4.78 is 18.9. The molecule has 2 rings (SSSR count). The van der Waals surface area contributed by atoms with E-state index in [1.54, 1.807) is 17.8 Å². The lowest BCUT2D eigenvalue weighted by molar-refractivity contribution is 0.100. The number of hydrogen-bond acceptors (Lipinski definition) is 3. The van der Waals surface area contributed by atoms with E-state index in [0.29, 0.717) is 15.4 Å². The van der Waals surface area contributed by atoms with Gasteiger partial charge in [0, 0.05) is 29.0 Å². The maximum Gasteiger partial charge on any atom is 0.139 e. The Bertz CT molecular complexity index is 382. The van der Waals surface area contributed by atoms with E-state index >= 15 is 0 Å². The molecule has 0 amide bonds. The van der Waals surface area contributed by atoms with Crippen molar-refractivity contribution in [3.05, 3.63) is 22.4 Å². The molecule has 2 N–H and O–H groups in total. The van der Waals surface area contributed by atoms with Crippen molar-refractivity contribution in [2.75, 3.05) is 18.9 Å². The van der Waals surface area contributed by atoms with Crippen molar-refractivity contribution in [2.24, 2.45) is 0 Å². The SMILES string of the molecule is Nc1cc(F)c(Br)cc1SC1CCOCC1. The van der Waals surface area contributed by atoms with Gasteiger partial charge in [0.25, 0.3) is 0 Å². The van der Waals surface area contributed by atoms with Gasteiger partial charge in [-0.2, -0.15) is 0 Å². The van der Waals surface area contributed by atoms with Gasteiger partial charge in [-0.1, -0.05) is 0 Å². The molecule has 0 spiro atoms. The summed E-state index contributed by atoms with van der Waals surface area (Å²) in [5, 5.41) is 0.522. The lowest BCUT2D eigenvalue weighted by Gasteiger charge is -2.22. The van der Waals surface area contributed by atoms with Gasteiger partial charge < -0.3 is 10.5 Å². The van der Waals surface area contributed by atoms with Crippen LogP contribution in [0.2, 0.25) is 0 Å². The fourth-order valence-corrected chi connectivity index (χ4v) is 3.28. The van der Waals surface area contributed by atoms with Crippen LogP contribution in [0.5, 0.6) is 0 Å². The van der Waals surface area contributed by atoms with Crippen molar-refractivity contribution in [3.8, 4) is 0 Å². The predicted molar refractivity (Wildman–Crippen MR) is 68.2 cm³/mol.